The van der Waals surface area contributed by atoms with Crippen molar-refractivity contribution in [3.8, 4) is 0 Å². The predicted molar refractivity (Wildman–Crippen MR) is 97.6 cm³/mol. The van der Waals surface area contributed by atoms with Crippen LogP contribution < -0.4 is 10.6 Å². The average Bonchev–Trinajstić information content (AvgIpc) is 2.60. The van der Waals surface area contributed by atoms with Gasteiger partial charge in [0.15, 0.2) is 5.82 Å². The van der Waals surface area contributed by atoms with Crippen molar-refractivity contribution in [3.05, 3.63) is 35.0 Å². The van der Waals surface area contributed by atoms with E-state index in [-0.39, 0.29) is 0 Å². The van der Waals surface area contributed by atoms with Gasteiger partial charge in [-0.2, -0.15) is 10.1 Å². The smallest absolute Gasteiger partial charge is 0.337 e. The molecule has 25 heavy (non-hydrogen) atoms. The Kier molecular flexibility index (Phi) is 6.91. The fraction of sp³-hybridized carbons (Fsp3) is 0.375. The third-order valence-corrected chi connectivity index (χ3v) is 3.60. The highest BCUT2D eigenvalue weighted by molar-refractivity contribution is 6.33. The van der Waals surface area contributed by atoms with Gasteiger partial charge in [-0.3, -0.25) is 0 Å². The number of ether oxygens (including phenoxy) is 1. The maximum Gasteiger partial charge on any atom is 0.337 e. The molecule has 0 aliphatic heterocycles. The number of carbonyl (C=O) groups is 1. The maximum absolute atomic E-state index is 11.6. The van der Waals surface area contributed by atoms with Crippen molar-refractivity contribution in [1.82, 2.24) is 20.1 Å². The number of hydrogen-bond acceptors (Lipinski definition) is 8. The zero-order valence-electron chi connectivity index (χ0n) is 14.4. The molecule has 0 saturated heterocycles. The third-order valence-electron chi connectivity index (χ3n) is 3.27. The van der Waals surface area contributed by atoms with Gasteiger partial charge in [0.05, 0.1) is 29.6 Å². The van der Waals surface area contributed by atoms with Crippen LogP contribution >= 0.6 is 11.6 Å². The number of esters is 1. The van der Waals surface area contributed by atoms with Crippen LogP contribution in [0.15, 0.2) is 24.4 Å². The number of aromatic nitrogens is 3. The molecule has 2 aromatic rings. The van der Waals surface area contributed by atoms with Crippen LogP contribution in [0.3, 0.4) is 0 Å². The molecule has 1 heterocycles. The molecule has 2 rings (SSSR count). The number of nitrogens with zero attached hydrogens (tertiary/aromatic N) is 4. The van der Waals surface area contributed by atoms with E-state index in [4.69, 9.17) is 16.3 Å². The van der Waals surface area contributed by atoms with Gasteiger partial charge < -0.3 is 20.3 Å². The van der Waals surface area contributed by atoms with Crippen LogP contribution in [-0.4, -0.2) is 60.3 Å². The number of halogens is 1. The van der Waals surface area contributed by atoms with Crippen molar-refractivity contribution in [2.24, 2.45) is 0 Å². The molecule has 0 radical (unpaired) electrons. The molecule has 0 amide bonds. The molecule has 0 bridgehead atoms. The minimum atomic E-state index is -0.441. The second-order valence-corrected chi connectivity index (χ2v) is 5.97. The Morgan fingerprint density at radius 3 is 2.88 bits per heavy atom. The summed E-state index contributed by atoms with van der Waals surface area (Å²) in [4.78, 5) is 18.1. The van der Waals surface area contributed by atoms with Gasteiger partial charge >= 0.3 is 5.97 Å². The average molecular weight is 365 g/mol. The normalized spacial score (nSPS) is 10.6. The molecular weight excluding hydrogens is 344 g/mol. The third kappa shape index (κ3) is 5.84. The van der Waals surface area contributed by atoms with E-state index in [1.54, 1.807) is 18.2 Å². The molecule has 0 spiro atoms. The summed E-state index contributed by atoms with van der Waals surface area (Å²) >= 11 is 6.17. The maximum atomic E-state index is 11.6. The van der Waals surface area contributed by atoms with Gasteiger partial charge in [0.25, 0.3) is 0 Å². The number of rotatable bonds is 8. The van der Waals surface area contributed by atoms with Gasteiger partial charge in [-0.1, -0.05) is 11.6 Å². The first kappa shape index (κ1) is 18.9. The molecule has 8 nitrogen and oxygen atoms in total. The molecule has 0 atom stereocenters. The standard InChI is InChI=1S/C16H21ClN6O2/c1-23(2)8-4-7-18-16-21-14(10-19-22-16)20-13-9-11(15(24)25-3)5-6-12(13)17/h5-6,9-10H,4,7-8H2,1-3H3,(H2,18,20,21,22). The minimum Gasteiger partial charge on any atom is -0.465 e. The van der Waals surface area contributed by atoms with Crippen LogP contribution in [0.4, 0.5) is 17.5 Å². The summed E-state index contributed by atoms with van der Waals surface area (Å²) in [7, 11) is 5.37. The molecule has 0 unspecified atom stereocenters. The number of nitrogens with one attached hydrogen (secondary N) is 2. The van der Waals surface area contributed by atoms with Crippen LogP contribution in [-0.2, 0) is 4.74 Å². The van der Waals surface area contributed by atoms with E-state index < -0.39 is 5.97 Å². The van der Waals surface area contributed by atoms with Gasteiger partial charge in [0.2, 0.25) is 5.95 Å². The fourth-order valence-corrected chi connectivity index (χ4v) is 2.20. The van der Waals surface area contributed by atoms with Gasteiger partial charge in [-0.15, -0.1) is 5.10 Å². The monoisotopic (exact) mass is 364 g/mol. The largest absolute Gasteiger partial charge is 0.465 e. The Balaban J connectivity index is 2.05. The Hall–Kier alpha value is -2.45. The van der Waals surface area contributed by atoms with E-state index in [9.17, 15) is 4.79 Å². The fourth-order valence-electron chi connectivity index (χ4n) is 2.04. The lowest BCUT2D eigenvalue weighted by molar-refractivity contribution is 0.0601. The van der Waals surface area contributed by atoms with Crippen molar-refractivity contribution >= 4 is 35.0 Å². The summed E-state index contributed by atoms with van der Waals surface area (Å²) in [5, 5.41) is 14.5. The molecule has 1 aromatic heterocycles. The van der Waals surface area contributed by atoms with Crippen LogP contribution in [0, 0.1) is 0 Å². The highest BCUT2D eigenvalue weighted by Crippen LogP contribution is 2.26. The molecule has 0 saturated carbocycles. The summed E-state index contributed by atoms with van der Waals surface area (Å²) in [5.74, 6) is 0.446. The SMILES string of the molecule is COC(=O)c1ccc(Cl)c(Nc2cnnc(NCCCN(C)C)n2)c1. The zero-order chi connectivity index (χ0) is 18.2. The van der Waals surface area contributed by atoms with Gasteiger partial charge in [-0.25, -0.2) is 4.79 Å². The first-order valence-corrected chi connectivity index (χ1v) is 8.10. The number of carbonyl (C=O) groups excluding carboxylic acids is 1. The highest BCUT2D eigenvalue weighted by Gasteiger charge is 2.10. The topological polar surface area (TPSA) is 92.3 Å². The van der Waals surface area contributed by atoms with Crippen molar-refractivity contribution in [1.29, 1.82) is 0 Å². The molecular formula is C16H21ClN6O2. The number of anilines is 3. The quantitative estimate of drug-likeness (QED) is 0.545. The summed E-state index contributed by atoms with van der Waals surface area (Å²) in [6, 6.07) is 4.81. The Labute approximate surface area is 151 Å². The highest BCUT2D eigenvalue weighted by atomic mass is 35.5. The summed E-state index contributed by atoms with van der Waals surface area (Å²) < 4.78 is 4.71. The predicted octanol–water partition coefficient (Wildman–Crippen LogP) is 2.42. The first-order valence-electron chi connectivity index (χ1n) is 7.73. The van der Waals surface area contributed by atoms with Crippen molar-refractivity contribution in [2.45, 2.75) is 6.42 Å². The van der Waals surface area contributed by atoms with Crippen molar-refractivity contribution in [2.75, 3.05) is 44.9 Å². The number of benzene rings is 1. The van der Waals surface area contributed by atoms with Crippen LogP contribution in [0.5, 0.6) is 0 Å². The van der Waals surface area contributed by atoms with E-state index in [0.717, 1.165) is 19.5 Å². The molecule has 9 heteroatoms. The Bertz CT molecular complexity index is 726. The lowest BCUT2D eigenvalue weighted by Crippen LogP contribution is -2.17. The summed E-state index contributed by atoms with van der Waals surface area (Å²) in [6.45, 7) is 1.70. The van der Waals surface area contributed by atoms with Crippen molar-refractivity contribution in [3.63, 3.8) is 0 Å². The van der Waals surface area contributed by atoms with E-state index in [2.05, 4.69) is 30.7 Å². The van der Waals surface area contributed by atoms with Crippen molar-refractivity contribution < 1.29 is 9.53 Å². The van der Waals surface area contributed by atoms with Crippen LogP contribution in [0.1, 0.15) is 16.8 Å². The van der Waals surface area contributed by atoms with Crippen LogP contribution in [0.2, 0.25) is 5.02 Å². The summed E-state index contributed by atoms with van der Waals surface area (Å²) in [5.41, 5.74) is 0.919. The van der Waals surface area contributed by atoms with E-state index in [1.807, 2.05) is 14.1 Å². The molecule has 2 N–H and O–H groups in total. The molecule has 0 aliphatic carbocycles. The van der Waals surface area contributed by atoms with Gasteiger partial charge in [-0.05, 0) is 45.3 Å². The second-order valence-electron chi connectivity index (χ2n) is 5.56. The lowest BCUT2D eigenvalue weighted by Gasteiger charge is -2.11. The Morgan fingerprint density at radius 1 is 1.36 bits per heavy atom. The molecule has 0 aliphatic rings. The van der Waals surface area contributed by atoms with E-state index >= 15 is 0 Å². The molecule has 1 aromatic carbocycles. The first-order chi connectivity index (χ1) is 12.0. The molecule has 134 valence electrons. The Morgan fingerprint density at radius 2 is 2.16 bits per heavy atom. The second kappa shape index (κ2) is 9.14. The summed E-state index contributed by atoms with van der Waals surface area (Å²) in [6.07, 6.45) is 2.44. The van der Waals surface area contributed by atoms with Gasteiger partial charge in [0.1, 0.15) is 0 Å². The van der Waals surface area contributed by atoms with E-state index in [0.29, 0.717) is 28.0 Å². The number of hydrogen-bond donors (Lipinski definition) is 2. The molecule has 0 fully saturated rings. The van der Waals surface area contributed by atoms with Gasteiger partial charge in [0, 0.05) is 6.54 Å². The number of methoxy groups -OCH3 is 1. The van der Waals surface area contributed by atoms with Crippen LogP contribution in [0.25, 0.3) is 0 Å². The van der Waals surface area contributed by atoms with E-state index in [1.165, 1.54) is 13.3 Å². The minimum absolute atomic E-state index is 0.387. The zero-order valence-corrected chi connectivity index (χ0v) is 15.2. The lowest BCUT2D eigenvalue weighted by atomic mass is 10.2.